The van der Waals surface area contributed by atoms with Gasteiger partial charge in [0.25, 0.3) is 0 Å². The molecular weight excluding hydrogens is 266 g/mol. The molecule has 4 nitrogen and oxygen atoms in total. The summed E-state index contributed by atoms with van der Waals surface area (Å²) in [6.07, 6.45) is 1.46. The van der Waals surface area contributed by atoms with Crippen molar-refractivity contribution in [1.82, 2.24) is 9.80 Å². The first-order chi connectivity index (χ1) is 9.56. The Balaban J connectivity index is 1.82. The molecule has 2 aliphatic heterocycles. The Morgan fingerprint density at radius 1 is 1.25 bits per heavy atom. The lowest BCUT2D eigenvalue weighted by Crippen LogP contribution is -2.56. The largest absolute Gasteiger partial charge is 0.329 e. The summed E-state index contributed by atoms with van der Waals surface area (Å²) in [6, 6.07) is 2.70. The molecule has 20 heavy (non-hydrogen) atoms. The van der Waals surface area contributed by atoms with E-state index in [1.54, 1.807) is 4.90 Å². The van der Waals surface area contributed by atoms with Crippen molar-refractivity contribution in [2.45, 2.75) is 25.4 Å². The highest BCUT2D eigenvalue weighted by molar-refractivity contribution is 5.95. The summed E-state index contributed by atoms with van der Waals surface area (Å²) in [5.74, 6) is -1.42. The molecular formula is C14H14F2N2O2. The van der Waals surface area contributed by atoms with E-state index < -0.39 is 17.7 Å². The number of hydrogen-bond donors (Lipinski definition) is 0. The maximum absolute atomic E-state index is 13.6. The van der Waals surface area contributed by atoms with Gasteiger partial charge in [-0.05, 0) is 31.0 Å². The quantitative estimate of drug-likeness (QED) is 0.819. The standard InChI is InChI=1S/C14H14F2N2O2/c15-10-3-4-11(16)9(6-10)7-17-8-13(19)18-5-1-2-12(18)14(17)20/h3-4,6,12H,1-2,5,7-8H2. The third kappa shape index (κ3) is 2.15. The van der Waals surface area contributed by atoms with Gasteiger partial charge in [0.15, 0.2) is 0 Å². The van der Waals surface area contributed by atoms with Crippen molar-refractivity contribution in [3.63, 3.8) is 0 Å². The Bertz CT molecular complexity index is 576. The summed E-state index contributed by atoms with van der Waals surface area (Å²) >= 11 is 0. The van der Waals surface area contributed by atoms with Crippen molar-refractivity contribution in [1.29, 1.82) is 0 Å². The maximum atomic E-state index is 13.6. The molecule has 1 unspecified atom stereocenters. The Labute approximate surface area is 115 Å². The van der Waals surface area contributed by atoms with Crippen molar-refractivity contribution in [3.8, 4) is 0 Å². The molecule has 0 saturated carbocycles. The first-order valence-corrected chi connectivity index (χ1v) is 6.58. The third-order valence-electron chi connectivity index (χ3n) is 3.86. The normalized spacial score (nSPS) is 22.4. The topological polar surface area (TPSA) is 40.6 Å². The summed E-state index contributed by atoms with van der Waals surface area (Å²) in [7, 11) is 0. The number of carbonyl (C=O) groups is 2. The molecule has 2 fully saturated rings. The molecule has 2 saturated heterocycles. The van der Waals surface area contributed by atoms with Crippen LogP contribution in [0.25, 0.3) is 0 Å². The highest BCUT2D eigenvalue weighted by Gasteiger charge is 2.41. The zero-order valence-corrected chi connectivity index (χ0v) is 10.8. The molecule has 0 aliphatic carbocycles. The Hall–Kier alpha value is -1.98. The number of hydrogen-bond acceptors (Lipinski definition) is 2. The van der Waals surface area contributed by atoms with Crippen LogP contribution in [-0.2, 0) is 16.1 Å². The van der Waals surface area contributed by atoms with E-state index in [2.05, 4.69) is 0 Å². The fourth-order valence-corrected chi connectivity index (χ4v) is 2.87. The van der Waals surface area contributed by atoms with Crippen LogP contribution in [0.5, 0.6) is 0 Å². The van der Waals surface area contributed by atoms with E-state index in [0.717, 1.165) is 24.6 Å². The van der Waals surface area contributed by atoms with Crippen LogP contribution in [-0.4, -0.2) is 40.7 Å². The summed E-state index contributed by atoms with van der Waals surface area (Å²) in [5.41, 5.74) is 0.0950. The number of fused-ring (bicyclic) bond motifs is 1. The van der Waals surface area contributed by atoms with Crippen molar-refractivity contribution in [3.05, 3.63) is 35.4 Å². The van der Waals surface area contributed by atoms with Gasteiger partial charge in [-0.1, -0.05) is 0 Å². The summed E-state index contributed by atoms with van der Waals surface area (Å²) < 4.78 is 26.8. The molecule has 0 N–H and O–H groups in total. The minimum Gasteiger partial charge on any atom is -0.329 e. The van der Waals surface area contributed by atoms with E-state index in [0.29, 0.717) is 13.0 Å². The molecule has 2 aliphatic rings. The minimum absolute atomic E-state index is 0.0642. The van der Waals surface area contributed by atoms with Gasteiger partial charge in [0.2, 0.25) is 11.8 Å². The second kappa shape index (κ2) is 4.85. The van der Waals surface area contributed by atoms with E-state index in [4.69, 9.17) is 0 Å². The van der Waals surface area contributed by atoms with Gasteiger partial charge in [0.1, 0.15) is 24.2 Å². The molecule has 1 aromatic carbocycles. The second-order valence-electron chi connectivity index (χ2n) is 5.18. The average molecular weight is 280 g/mol. The minimum atomic E-state index is -0.569. The van der Waals surface area contributed by atoms with Crippen molar-refractivity contribution in [2.24, 2.45) is 0 Å². The SMILES string of the molecule is O=C1C2CCCN2C(=O)CN1Cc1cc(F)ccc1F. The zero-order valence-electron chi connectivity index (χ0n) is 10.8. The number of piperazine rings is 1. The maximum Gasteiger partial charge on any atom is 0.246 e. The van der Waals surface area contributed by atoms with Crippen molar-refractivity contribution < 1.29 is 18.4 Å². The van der Waals surface area contributed by atoms with Crippen LogP contribution in [0, 0.1) is 11.6 Å². The van der Waals surface area contributed by atoms with E-state index in [1.807, 2.05) is 0 Å². The van der Waals surface area contributed by atoms with E-state index in [1.165, 1.54) is 4.90 Å². The highest BCUT2D eigenvalue weighted by atomic mass is 19.1. The van der Waals surface area contributed by atoms with Crippen LogP contribution in [0.15, 0.2) is 18.2 Å². The fourth-order valence-electron chi connectivity index (χ4n) is 2.87. The van der Waals surface area contributed by atoms with Gasteiger partial charge in [0.05, 0.1) is 0 Å². The van der Waals surface area contributed by atoms with E-state index in [9.17, 15) is 18.4 Å². The van der Waals surface area contributed by atoms with Crippen molar-refractivity contribution >= 4 is 11.8 Å². The third-order valence-corrected chi connectivity index (χ3v) is 3.86. The molecule has 0 radical (unpaired) electrons. The van der Waals surface area contributed by atoms with Gasteiger partial charge >= 0.3 is 0 Å². The molecule has 1 aromatic rings. The number of carbonyl (C=O) groups excluding carboxylic acids is 2. The molecule has 1 atom stereocenters. The number of amides is 2. The molecule has 0 spiro atoms. The lowest BCUT2D eigenvalue weighted by atomic mass is 10.1. The monoisotopic (exact) mass is 280 g/mol. The number of nitrogens with zero attached hydrogens (tertiary/aromatic N) is 2. The lowest BCUT2D eigenvalue weighted by Gasteiger charge is -2.36. The molecule has 2 amide bonds. The van der Waals surface area contributed by atoms with Crippen LogP contribution in [0.3, 0.4) is 0 Å². The first-order valence-electron chi connectivity index (χ1n) is 6.58. The number of benzene rings is 1. The fraction of sp³-hybridized carbons (Fsp3) is 0.429. The zero-order chi connectivity index (χ0) is 14.3. The smallest absolute Gasteiger partial charge is 0.246 e. The highest BCUT2D eigenvalue weighted by Crippen LogP contribution is 2.25. The van der Waals surface area contributed by atoms with Crippen LogP contribution in [0.4, 0.5) is 8.78 Å². The van der Waals surface area contributed by atoms with E-state index >= 15 is 0 Å². The second-order valence-corrected chi connectivity index (χ2v) is 5.18. The molecule has 3 rings (SSSR count). The van der Waals surface area contributed by atoms with Crippen LogP contribution < -0.4 is 0 Å². The molecule has 6 heteroatoms. The summed E-state index contributed by atoms with van der Waals surface area (Å²) in [6.45, 7) is 0.473. The van der Waals surface area contributed by atoms with Crippen LogP contribution >= 0.6 is 0 Å². The van der Waals surface area contributed by atoms with Gasteiger partial charge in [-0.25, -0.2) is 8.78 Å². The number of rotatable bonds is 2. The summed E-state index contributed by atoms with van der Waals surface area (Å²) in [5, 5.41) is 0. The molecule has 0 bridgehead atoms. The Morgan fingerprint density at radius 3 is 2.85 bits per heavy atom. The van der Waals surface area contributed by atoms with E-state index in [-0.39, 0.29) is 30.5 Å². The van der Waals surface area contributed by atoms with Crippen molar-refractivity contribution in [2.75, 3.05) is 13.1 Å². The van der Waals surface area contributed by atoms with Gasteiger partial charge in [-0.15, -0.1) is 0 Å². The molecule has 2 heterocycles. The van der Waals surface area contributed by atoms with Gasteiger partial charge in [-0.2, -0.15) is 0 Å². The molecule has 0 aromatic heterocycles. The summed E-state index contributed by atoms with van der Waals surface area (Å²) in [4.78, 5) is 27.1. The first kappa shape index (κ1) is 13.0. The molecule has 106 valence electrons. The van der Waals surface area contributed by atoms with Crippen LogP contribution in [0.2, 0.25) is 0 Å². The number of halogens is 2. The van der Waals surface area contributed by atoms with Gasteiger partial charge in [0, 0.05) is 18.7 Å². The van der Waals surface area contributed by atoms with Gasteiger partial charge in [-0.3, -0.25) is 9.59 Å². The predicted molar refractivity (Wildman–Crippen MR) is 66.5 cm³/mol. The lowest BCUT2D eigenvalue weighted by molar-refractivity contribution is -0.154. The van der Waals surface area contributed by atoms with Crippen LogP contribution in [0.1, 0.15) is 18.4 Å². The van der Waals surface area contributed by atoms with Gasteiger partial charge < -0.3 is 9.80 Å². The Kier molecular flexibility index (Phi) is 3.16. The predicted octanol–water partition coefficient (Wildman–Crippen LogP) is 1.30. The average Bonchev–Trinajstić information content (AvgIpc) is 2.90. The Morgan fingerprint density at radius 2 is 2.05 bits per heavy atom.